The highest BCUT2D eigenvalue weighted by atomic mass is 14.9. The molecule has 228 valence electrons. The predicted octanol–water partition coefficient (Wildman–Crippen LogP) is 10.6. The first-order valence-corrected chi connectivity index (χ1v) is 18.8. The Labute approximate surface area is 274 Å². The quantitative estimate of drug-likeness (QED) is 0.187. The lowest BCUT2D eigenvalue weighted by Gasteiger charge is -2.48. The summed E-state index contributed by atoms with van der Waals surface area (Å²) in [5, 5.41) is 16.7. The number of hydrogen-bond donors (Lipinski definition) is 0. The predicted molar refractivity (Wildman–Crippen MR) is 185 cm³/mol. The van der Waals surface area contributed by atoms with Crippen molar-refractivity contribution in [2.24, 2.45) is 34.5 Å². The van der Waals surface area contributed by atoms with Gasteiger partial charge in [0.2, 0.25) is 0 Å². The molecule has 2 spiro atoms. The van der Waals surface area contributed by atoms with E-state index in [1.54, 1.807) is 11.1 Å². The molecule has 3 aromatic carbocycles. The van der Waals surface area contributed by atoms with E-state index in [-0.39, 0.29) is 0 Å². The van der Waals surface area contributed by atoms with Crippen LogP contribution in [0.1, 0.15) is 116 Å². The fraction of sp³-hybridized carbons (Fsp3) is 0.455. The van der Waals surface area contributed by atoms with E-state index >= 15 is 0 Å². The molecular weight excluding hydrogens is 571 g/mol. The maximum atomic E-state index is 10.8. The lowest BCUT2D eigenvalue weighted by atomic mass is 9.56. The van der Waals surface area contributed by atoms with Gasteiger partial charge in [-0.3, -0.25) is 4.98 Å². The molecule has 8 aliphatic carbocycles. The van der Waals surface area contributed by atoms with Crippen molar-refractivity contribution in [3.8, 4) is 17.2 Å². The minimum absolute atomic E-state index is 0.559. The normalized spacial score (nSPS) is 39.2. The van der Waals surface area contributed by atoms with Gasteiger partial charge in [0.05, 0.1) is 34.4 Å². The Bertz CT molecular complexity index is 2520. The summed E-state index contributed by atoms with van der Waals surface area (Å²) in [7, 11) is 0. The van der Waals surface area contributed by atoms with Crippen molar-refractivity contribution in [2.75, 3.05) is 0 Å². The molecule has 3 heteroatoms. The number of hydrogen-bond acceptors (Lipinski definition) is 2. The fourth-order valence-corrected chi connectivity index (χ4v) is 15.5. The first-order chi connectivity index (χ1) is 23.1. The van der Waals surface area contributed by atoms with Crippen molar-refractivity contribution in [1.29, 1.82) is 5.26 Å². The van der Waals surface area contributed by atoms with Crippen LogP contribution in [-0.2, 0) is 0 Å². The third kappa shape index (κ3) is 2.42. The van der Waals surface area contributed by atoms with Gasteiger partial charge in [-0.2, -0.15) is 5.26 Å². The van der Waals surface area contributed by atoms with Crippen molar-refractivity contribution in [1.82, 2.24) is 9.38 Å². The molecule has 10 unspecified atom stereocenters. The van der Waals surface area contributed by atoms with E-state index < -0.39 is 0 Å². The van der Waals surface area contributed by atoms with Gasteiger partial charge in [0.25, 0.3) is 0 Å². The van der Waals surface area contributed by atoms with Gasteiger partial charge in [-0.05, 0) is 162 Å². The van der Waals surface area contributed by atoms with Crippen LogP contribution < -0.4 is 0 Å². The summed E-state index contributed by atoms with van der Waals surface area (Å²) in [4.78, 5) is 5.48. The van der Waals surface area contributed by atoms with Crippen LogP contribution in [0.4, 0.5) is 0 Å². The standard InChI is InChI=1S/C44H37N3/c45-19-27-12-34-39(37-24-7-29-13-28-6-23(36(27)37)15-43(28,29)16-24)32-10-22(21-4-2-1-3-5-21)11-33-40-35(47(34)42(32)33)20-46-41-26-9-31-14-30-8-25(38(40)41)17-44(30,31)18-26/h1-5,10-12,20,23-26,28-31H,6-9,13-18H2. The third-order valence-corrected chi connectivity index (χ3v) is 16.9. The molecule has 0 radical (unpaired) electrons. The highest BCUT2D eigenvalue weighted by Crippen LogP contribution is 2.78. The average molecular weight is 608 g/mol. The Balaban J connectivity index is 1.16. The summed E-state index contributed by atoms with van der Waals surface area (Å²) in [6.45, 7) is 0. The number of fused-ring (bicyclic) bond motifs is 18. The molecule has 47 heavy (non-hydrogen) atoms. The van der Waals surface area contributed by atoms with Gasteiger partial charge in [-0.1, -0.05) is 30.3 Å². The van der Waals surface area contributed by atoms with Crippen molar-refractivity contribution in [3.05, 3.63) is 82.7 Å². The Morgan fingerprint density at radius 2 is 1.23 bits per heavy atom. The van der Waals surface area contributed by atoms with E-state index in [0.717, 1.165) is 29.2 Å². The van der Waals surface area contributed by atoms with Crippen LogP contribution in [0.25, 0.3) is 49.2 Å². The molecule has 3 nitrogen and oxygen atoms in total. The van der Waals surface area contributed by atoms with Gasteiger partial charge in [0.15, 0.2) is 0 Å². The number of pyridine rings is 1. The molecule has 6 bridgehead atoms. The second kappa shape index (κ2) is 7.39. The largest absolute Gasteiger partial charge is 0.306 e. The number of aromatic nitrogens is 2. The molecule has 6 aromatic rings. The lowest BCUT2D eigenvalue weighted by Crippen LogP contribution is -2.41. The second-order valence-corrected chi connectivity index (χ2v) is 18.0. The zero-order valence-corrected chi connectivity index (χ0v) is 26.7. The molecule has 6 saturated carbocycles. The molecule has 8 aliphatic rings. The van der Waals surface area contributed by atoms with E-state index in [1.165, 1.54) is 125 Å². The van der Waals surface area contributed by atoms with Gasteiger partial charge in [0.1, 0.15) is 0 Å². The van der Waals surface area contributed by atoms with Crippen LogP contribution in [0.3, 0.4) is 0 Å². The van der Waals surface area contributed by atoms with E-state index in [2.05, 4.69) is 65.2 Å². The molecule has 0 aliphatic heterocycles. The van der Waals surface area contributed by atoms with Gasteiger partial charge < -0.3 is 4.40 Å². The van der Waals surface area contributed by atoms with Crippen LogP contribution in [0.5, 0.6) is 0 Å². The average Bonchev–Trinajstić information content (AvgIpc) is 3.87. The molecule has 3 heterocycles. The zero-order valence-electron chi connectivity index (χ0n) is 26.7. The second-order valence-electron chi connectivity index (χ2n) is 18.0. The minimum Gasteiger partial charge on any atom is -0.306 e. The molecule has 0 N–H and O–H groups in total. The number of nitrogens with zero attached hydrogens (tertiary/aromatic N) is 3. The fourth-order valence-electron chi connectivity index (χ4n) is 15.5. The minimum atomic E-state index is 0.559. The summed E-state index contributed by atoms with van der Waals surface area (Å²) in [5.74, 6) is 6.12. The van der Waals surface area contributed by atoms with Gasteiger partial charge in [0, 0.05) is 33.2 Å². The molecule has 6 fully saturated rings. The molecule has 14 rings (SSSR count). The SMILES string of the molecule is N#Cc1cc2c(c3c1C1CC4CC5CC3CC45C1)c1cc(-c3ccccc3)cc3c4c5c(ncc4n2c31)C1CC2CC3CC5CC23C1. The number of nitriles is 1. The van der Waals surface area contributed by atoms with Crippen LogP contribution in [-0.4, -0.2) is 9.38 Å². The summed E-state index contributed by atoms with van der Waals surface area (Å²) >= 11 is 0. The van der Waals surface area contributed by atoms with Crippen molar-refractivity contribution >= 4 is 38.1 Å². The van der Waals surface area contributed by atoms with Crippen molar-refractivity contribution in [2.45, 2.75) is 87.9 Å². The van der Waals surface area contributed by atoms with E-state index in [1.807, 2.05) is 0 Å². The maximum absolute atomic E-state index is 10.8. The summed E-state index contributed by atoms with van der Waals surface area (Å²) in [5.41, 5.74) is 14.8. The van der Waals surface area contributed by atoms with E-state index in [0.29, 0.717) is 34.5 Å². The molecule has 0 saturated heterocycles. The number of benzene rings is 3. The van der Waals surface area contributed by atoms with Crippen LogP contribution in [0.2, 0.25) is 0 Å². The summed E-state index contributed by atoms with van der Waals surface area (Å²) in [6, 6.07) is 21.3. The summed E-state index contributed by atoms with van der Waals surface area (Å²) in [6.07, 6.45) is 16.0. The van der Waals surface area contributed by atoms with Crippen LogP contribution >= 0.6 is 0 Å². The third-order valence-electron chi connectivity index (χ3n) is 16.9. The highest BCUT2D eigenvalue weighted by Gasteiger charge is 2.67. The smallest absolute Gasteiger partial charge is 0.0995 e. The Morgan fingerprint density at radius 3 is 1.91 bits per heavy atom. The first kappa shape index (κ1) is 24.3. The monoisotopic (exact) mass is 607 g/mol. The highest BCUT2D eigenvalue weighted by molar-refractivity contribution is 6.26. The Kier molecular flexibility index (Phi) is 3.82. The van der Waals surface area contributed by atoms with Crippen molar-refractivity contribution < 1.29 is 0 Å². The Hall–Kier alpha value is -3.90. The molecular formula is C44H37N3. The zero-order chi connectivity index (χ0) is 30.1. The van der Waals surface area contributed by atoms with Crippen molar-refractivity contribution in [3.63, 3.8) is 0 Å². The number of rotatable bonds is 1. The lowest BCUT2D eigenvalue weighted by molar-refractivity contribution is 0.00321. The van der Waals surface area contributed by atoms with Gasteiger partial charge in [-0.25, -0.2) is 0 Å². The first-order valence-electron chi connectivity index (χ1n) is 18.8. The molecule has 0 amide bonds. The van der Waals surface area contributed by atoms with Gasteiger partial charge in [-0.15, -0.1) is 0 Å². The topological polar surface area (TPSA) is 41.1 Å². The van der Waals surface area contributed by atoms with Crippen LogP contribution in [0.15, 0.2) is 54.7 Å². The van der Waals surface area contributed by atoms with E-state index in [4.69, 9.17) is 4.98 Å². The molecule has 10 atom stereocenters. The van der Waals surface area contributed by atoms with Crippen LogP contribution in [0, 0.1) is 45.8 Å². The van der Waals surface area contributed by atoms with E-state index in [9.17, 15) is 5.26 Å². The summed E-state index contributed by atoms with van der Waals surface area (Å²) < 4.78 is 2.60. The molecule has 3 aromatic heterocycles. The maximum Gasteiger partial charge on any atom is 0.0995 e. The van der Waals surface area contributed by atoms with Gasteiger partial charge >= 0.3 is 0 Å². The Morgan fingerprint density at radius 1 is 0.638 bits per heavy atom.